The molecule has 0 amide bonds. The Morgan fingerprint density at radius 3 is 2.92 bits per heavy atom. The Morgan fingerprint density at radius 1 is 1.38 bits per heavy atom. The molecule has 0 saturated heterocycles. The number of ether oxygens (including phenoxy) is 1. The fraction of sp³-hybridized carbons (Fsp3) is 0.500. The number of fused-ring (bicyclic) bond motifs is 1. The monoisotopic (exact) mass is 176 g/mol. The first-order chi connectivity index (χ1) is 6.33. The van der Waals surface area contributed by atoms with Gasteiger partial charge in [0.15, 0.2) is 0 Å². The molecule has 2 rings (SSSR count). The van der Waals surface area contributed by atoms with Crippen LogP contribution in [-0.2, 0) is 11.2 Å². The molecule has 0 fully saturated rings. The van der Waals surface area contributed by atoms with Crippen molar-refractivity contribution in [3.05, 3.63) is 35.4 Å². The molecule has 1 aliphatic carbocycles. The highest BCUT2D eigenvalue weighted by atomic mass is 16.5. The first-order valence-corrected chi connectivity index (χ1v) is 5.02. The number of hydrogen-bond donors (Lipinski definition) is 0. The van der Waals surface area contributed by atoms with Gasteiger partial charge in [-0.2, -0.15) is 0 Å². The largest absolute Gasteiger partial charge is 0.374 e. The molecule has 13 heavy (non-hydrogen) atoms. The van der Waals surface area contributed by atoms with Crippen LogP contribution >= 0.6 is 0 Å². The van der Waals surface area contributed by atoms with Gasteiger partial charge in [-0.25, -0.2) is 0 Å². The smallest absolute Gasteiger partial charge is 0.0856 e. The Balaban J connectivity index is 2.29. The molecular weight excluding hydrogens is 160 g/mol. The van der Waals surface area contributed by atoms with Gasteiger partial charge >= 0.3 is 0 Å². The van der Waals surface area contributed by atoms with Gasteiger partial charge in [-0.3, -0.25) is 0 Å². The molecule has 0 N–H and O–H groups in total. The summed E-state index contributed by atoms with van der Waals surface area (Å²) in [7, 11) is 0. The normalized spacial score (nSPS) is 26.0. The van der Waals surface area contributed by atoms with Crippen LogP contribution in [0.25, 0.3) is 0 Å². The minimum Gasteiger partial charge on any atom is -0.374 e. The Morgan fingerprint density at radius 2 is 2.15 bits per heavy atom. The van der Waals surface area contributed by atoms with Crippen LogP contribution in [0.15, 0.2) is 24.3 Å². The van der Waals surface area contributed by atoms with E-state index in [4.69, 9.17) is 4.74 Å². The van der Waals surface area contributed by atoms with Gasteiger partial charge < -0.3 is 4.74 Å². The van der Waals surface area contributed by atoms with E-state index in [1.54, 1.807) is 0 Å². The van der Waals surface area contributed by atoms with Crippen LogP contribution in [0.4, 0.5) is 0 Å². The Labute approximate surface area is 79.7 Å². The van der Waals surface area contributed by atoms with Gasteiger partial charge in [0.2, 0.25) is 0 Å². The third-order valence-corrected chi connectivity index (χ3v) is 2.77. The van der Waals surface area contributed by atoms with E-state index >= 15 is 0 Å². The zero-order valence-electron chi connectivity index (χ0n) is 8.29. The fourth-order valence-electron chi connectivity index (χ4n) is 2.19. The molecule has 1 aromatic carbocycles. The van der Waals surface area contributed by atoms with Crippen molar-refractivity contribution in [1.82, 2.24) is 0 Å². The Hall–Kier alpha value is -0.820. The molecular formula is C12H16O. The summed E-state index contributed by atoms with van der Waals surface area (Å²) >= 11 is 0. The summed E-state index contributed by atoms with van der Waals surface area (Å²) in [4.78, 5) is 0. The molecule has 2 unspecified atom stereocenters. The van der Waals surface area contributed by atoms with Crippen LogP contribution in [0.3, 0.4) is 0 Å². The van der Waals surface area contributed by atoms with Crippen LogP contribution < -0.4 is 0 Å². The van der Waals surface area contributed by atoms with Crippen molar-refractivity contribution < 1.29 is 4.74 Å². The second kappa shape index (κ2) is 3.51. The molecule has 0 heterocycles. The minimum absolute atomic E-state index is 0.334. The Bertz CT molecular complexity index is 293. The van der Waals surface area contributed by atoms with Crippen molar-refractivity contribution in [3.8, 4) is 0 Å². The molecule has 0 spiro atoms. The molecule has 0 aliphatic heterocycles. The van der Waals surface area contributed by atoms with E-state index in [2.05, 4.69) is 38.1 Å². The zero-order chi connectivity index (χ0) is 9.26. The van der Waals surface area contributed by atoms with Gasteiger partial charge in [0.05, 0.1) is 6.10 Å². The predicted octanol–water partition coefficient (Wildman–Crippen LogP) is 2.96. The van der Waals surface area contributed by atoms with E-state index in [0.717, 1.165) is 6.61 Å². The first-order valence-electron chi connectivity index (χ1n) is 5.02. The van der Waals surface area contributed by atoms with Crippen LogP contribution in [-0.4, -0.2) is 6.61 Å². The molecule has 0 bridgehead atoms. The second-order valence-corrected chi connectivity index (χ2v) is 3.76. The average Bonchev–Trinajstić information content (AvgIpc) is 2.44. The van der Waals surface area contributed by atoms with Crippen LogP contribution in [0.1, 0.15) is 31.1 Å². The van der Waals surface area contributed by atoms with Gasteiger partial charge in [0.1, 0.15) is 0 Å². The quantitative estimate of drug-likeness (QED) is 0.673. The van der Waals surface area contributed by atoms with Crippen molar-refractivity contribution in [2.45, 2.75) is 26.4 Å². The molecule has 0 aromatic heterocycles. The fourth-order valence-corrected chi connectivity index (χ4v) is 2.19. The topological polar surface area (TPSA) is 9.23 Å². The average molecular weight is 176 g/mol. The van der Waals surface area contributed by atoms with Gasteiger partial charge in [-0.15, -0.1) is 0 Å². The van der Waals surface area contributed by atoms with Gasteiger partial charge in [-0.1, -0.05) is 31.2 Å². The molecule has 0 radical (unpaired) electrons. The van der Waals surface area contributed by atoms with E-state index in [9.17, 15) is 0 Å². The zero-order valence-corrected chi connectivity index (χ0v) is 8.29. The summed E-state index contributed by atoms with van der Waals surface area (Å²) in [5, 5.41) is 0. The lowest BCUT2D eigenvalue weighted by Crippen LogP contribution is -2.07. The van der Waals surface area contributed by atoms with E-state index < -0.39 is 0 Å². The maximum Gasteiger partial charge on any atom is 0.0856 e. The lowest BCUT2D eigenvalue weighted by Gasteiger charge is -2.16. The molecule has 1 heteroatoms. The summed E-state index contributed by atoms with van der Waals surface area (Å²) in [5.41, 5.74) is 2.87. The number of hydrogen-bond acceptors (Lipinski definition) is 1. The molecule has 0 saturated carbocycles. The van der Waals surface area contributed by atoms with Gasteiger partial charge in [0, 0.05) is 6.61 Å². The van der Waals surface area contributed by atoms with E-state index in [0.29, 0.717) is 12.0 Å². The van der Waals surface area contributed by atoms with Crippen molar-refractivity contribution in [3.63, 3.8) is 0 Å². The van der Waals surface area contributed by atoms with E-state index in [1.807, 2.05) is 0 Å². The summed E-state index contributed by atoms with van der Waals surface area (Å²) in [6.45, 7) is 5.14. The SMILES string of the molecule is CCOC1c2ccccc2CC1C. The molecule has 1 aliphatic rings. The van der Waals surface area contributed by atoms with E-state index in [1.165, 1.54) is 17.5 Å². The predicted molar refractivity (Wildman–Crippen MR) is 53.7 cm³/mol. The first kappa shape index (κ1) is 8.76. The third-order valence-electron chi connectivity index (χ3n) is 2.77. The highest BCUT2D eigenvalue weighted by Crippen LogP contribution is 2.37. The van der Waals surface area contributed by atoms with Crippen molar-refractivity contribution >= 4 is 0 Å². The standard InChI is InChI=1S/C12H16O/c1-3-13-12-9(2)8-10-6-4-5-7-11(10)12/h4-7,9,12H,3,8H2,1-2H3. The summed E-state index contributed by atoms with van der Waals surface area (Å²) in [6, 6.07) is 8.62. The highest BCUT2D eigenvalue weighted by molar-refractivity contribution is 5.34. The number of benzene rings is 1. The lowest BCUT2D eigenvalue weighted by molar-refractivity contribution is 0.0338. The summed E-state index contributed by atoms with van der Waals surface area (Å²) < 4.78 is 5.74. The van der Waals surface area contributed by atoms with Crippen LogP contribution in [0.5, 0.6) is 0 Å². The maximum atomic E-state index is 5.74. The number of rotatable bonds is 2. The minimum atomic E-state index is 0.334. The van der Waals surface area contributed by atoms with Crippen LogP contribution in [0, 0.1) is 5.92 Å². The molecule has 1 aromatic rings. The summed E-state index contributed by atoms with van der Waals surface area (Å²) in [6.07, 6.45) is 1.50. The maximum absolute atomic E-state index is 5.74. The summed E-state index contributed by atoms with van der Waals surface area (Å²) in [5.74, 6) is 0.636. The molecule has 1 nitrogen and oxygen atoms in total. The van der Waals surface area contributed by atoms with Gasteiger partial charge in [-0.05, 0) is 30.4 Å². The van der Waals surface area contributed by atoms with Crippen molar-refractivity contribution in [2.24, 2.45) is 5.92 Å². The van der Waals surface area contributed by atoms with Crippen molar-refractivity contribution in [2.75, 3.05) is 6.61 Å². The lowest BCUT2D eigenvalue weighted by atomic mass is 10.1. The molecule has 2 atom stereocenters. The van der Waals surface area contributed by atoms with Gasteiger partial charge in [0.25, 0.3) is 0 Å². The second-order valence-electron chi connectivity index (χ2n) is 3.76. The van der Waals surface area contributed by atoms with Crippen LogP contribution in [0.2, 0.25) is 0 Å². The van der Waals surface area contributed by atoms with Crippen molar-refractivity contribution in [1.29, 1.82) is 0 Å². The third kappa shape index (κ3) is 1.49. The Kier molecular flexibility index (Phi) is 2.36. The van der Waals surface area contributed by atoms with E-state index in [-0.39, 0.29) is 0 Å². The highest BCUT2D eigenvalue weighted by Gasteiger charge is 2.28. The molecule has 70 valence electrons.